The Balaban J connectivity index is 2.10. The number of ether oxygens (including phenoxy) is 1. The molecule has 1 fully saturated rings. The molecule has 1 unspecified atom stereocenters. The summed E-state index contributed by atoms with van der Waals surface area (Å²) in [5.41, 5.74) is 10.2. The van der Waals surface area contributed by atoms with E-state index in [0.29, 0.717) is 12.6 Å². The van der Waals surface area contributed by atoms with E-state index in [9.17, 15) is 0 Å². The maximum absolute atomic E-state index is 6.08. The number of hydrogen-bond acceptors (Lipinski definition) is 3. The number of aryl methyl sites for hydroxylation is 2. The van der Waals surface area contributed by atoms with E-state index in [2.05, 4.69) is 44.0 Å². The van der Waals surface area contributed by atoms with E-state index in [1.165, 1.54) is 29.5 Å². The minimum Gasteiger partial charge on any atom is -0.381 e. The second-order valence-electron chi connectivity index (χ2n) is 6.05. The number of benzene rings is 1. The summed E-state index contributed by atoms with van der Waals surface area (Å²) in [6, 6.07) is 6.82. The maximum atomic E-state index is 6.08. The Labute approximate surface area is 123 Å². The van der Waals surface area contributed by atoms with E-state index in [1.54, 1.807) is 0 Å². The molecule has 1 saturated heterocycles. The smallest absolute Gasteiger partial charge is 0.0472 e. The van der Waals surface area contributed by atoms with E-state index >= 15 is 0 Å². The second kappa shape index (κ2) is 7.21. The van der Waals surface area contributed by atoms with Crippen molar-refractivity contribution in [1.82, 2.24) is 4.90 Å². The molecule has 0 radical (unpaired) electrons. The van der Waals surface area contributed by atoms with Crippen LogP contribution in [0, 0.1) is 19.8 Å². The molecule has 1 heterocycles. The topological polar surface area (TPSA) is 38.5 Å². The lowest BCUT2D eigenvalue weighted by molar-refractivity contribution is 0.0506. The SMILES string of the molecule is Cc1cccc(C)c1C(CN)N(C)CC1CCOCC1. The van der Waals surface area contributed by atoms with Gasteiger partial charge < -0.3 is 10.5 Å². The van der Waals surface area contributed by atoms with E-state index in [-0.39, 0.29) is 0 Å². The zero-order valence-corrected chi connectivity index (χ0v) is 13.1. The molecule has 1 aliphatic heterocycles. The maximum Gasteiger partial charge on any atom is 0.0472 e. The Kier molecular flexibility index (Phi) is 5.58. The molecule has 3 nitrogen and oxygen atoms in total. The molecule has 0 spiro atoms. The van der Waals surface area contributed by atoms with Crippen molar-refractivity contribution < 1.29 is 4.74 Å². The highest BCUT2D eigenvalue weighted by Crippen LogP contribution is 2.27. The second-order valence-corrected chi connectivity index (χ2v) is 6.05. The van der Waals surface area contributed by atoms with Gasteiger partial charge in [0.1, 0.15) is 0 Å². The first-order valence-electron chi connectivity index (χ1n) is 7.67. The fraction of sp³-hybridized carbons (Fsp3) is 0.647. The summed E-state index contributed by atoms with van der Waals surface area (Å²) >= 11 is 0. The van der Waals surface area contributed by atoms with Gasteiger partial charge in [-0.1, -0.05) is 18.2 Å². The van der Waals surface area contributed by atoms with E-state index < -0.39 is 0 Å². The zero-order chi connectivity index (χ0) is 14.5. The van der Waals surface area contributed by atoms with Crippen LogP contribution in [0.4, 0.5) is 0 Å². The van der Waals surface area contributed by atoms with Crippen molar-refractivity contribution in [3.8, 4) is 0 Å². The third-order valence-corrected chi connectivity index (χ3v) is 4.52. The van der Waals surface area contributed by atoms with Gasteiger partial charge in [0.15, 0.2) is 0 Å². The first-order valence-corrected chi connectivity index (χ1v) is 7.67. The number of hydrogen-bond donors (Lipinski definition) is 1. The molecule has 0 bridgehead atoms. The Bertz CT molecular complexity index is 407. The third-order valence-electron chi connectivity index (χ3n) is 4.52. The predicted octanol–water partition coefficient (Wildman–Crippen LogP) is 2.66. The molecule has 1 aromatic carbocycles. The monoisotopic (exact) mass is 276 g/mol. The highest BCUT2D eigenvalue weighted by atomic mass is 16.5. The Morgan fingerprint density at radius 2 is 1.85 bits per heavy atom. The van der Waals surface area contributed by atoms with Crippen molar-refractivity contribution in [1.29, 1.82) is 0 Å². The summed E-state index contributed by atoms with van der Waals surface area (Å²) in [5, 5.41) is 0. The molecule has 0 aliphatic carbocycles. The molecule has 1 aliphatic rings. The van der Waals surface area contributed by atoms with Crippen LogP contribution in [0.2, 0.25) is 0 Å². The highest BCUT2D eigenvalue weighted by molar-refractivity contribution is 5.36. The fourth-order valence-electron chi connectivity index (χ4n) is 3.33. The molecule has 0 amide bonds. The van der Waals surface area contributed by atoms with Crippen molar-refractivity contribution in [2.24, 2.45) is 11.7 Å². The quantitative estimate of drug-likeness (QED) is 0.898. The fourth-order valence-corrected chi connectivity index (χ4v) is 3.33. The summed E-state index contributed by atoms with van der Waals surface area (Å²) in [4.78, 5) is 2.44. The average molecular weight is 276 g/mol. The largest absolute Gasteiger partial charge is 0.381 e. The number of likely N-dealkylation sites (N-methyl/N-ethyl adjacent to an activating group) is 1. The van der Waals surface area contributed by atoms with Crippen LogP contribution in [0.25, 0.3) is 0 Å². The van der Waals surface area contributed by atoms with Gasteiger partial charge in [0, 0.05) is 32.3 Å². The molecule has 2 rings (SSSR count). The van der Waals surface area contributed by atoms with Crippen molar-refractivity contribution in [3.05, 3.63) is 34.9 Å². The van der Waals surface area contributed by atoms with Gasteiger partial charge in [-0.05, 0) is 56.3 Å². The van der Waals surface area contributed by atoms with Crippen LogP contribution in [0.3, 0.4) is 0 Å². The van der Waals surface area contributed by atoms with Crippen molar-refractivity contribution in [2.75, 3.05) is 33.4 Å². The third kappa shape index (κ3) is 3.60. The van der Waals surface area contributed by atoms with Gasteiger partial charge in [-0.15, -0.1) is 0 Å². The van der Waals surface area contributed by atoms with Gasteiger partial charge in [-0.25, -0.2) is 0 Å². The van der Waals surface area contributed by atoms with E-state index in [1.807, 2.05) is 0 Å². The van der Waals surface area contributed by atoms with Gasteiger partial charge in [0.05, 0.1) is 0 Å². The highest BCUT2D eigenvalue weighted by Gasteiger charge is 2.23. The van der Waals surface area contributed by atoms with E-state index in [4.69, 9.17) is 10.5 Å². The molecule has 20 heavy (non-hydrogen) atoms. The van der Waals surface area contributed by atoms with Gasteiger partial charge in [-0.3, -0.25) is 4.90 Å². The minimum atomic E-state index is 0.319. The molecule has 112 valence electrons. The summed E-state index contributed by atoms with van der Waals surface area (Å²) < 4.78 is 5.45. The van der Waals surface area contributed by atoms with Crippen LogP contribution in [0.15, 0.2) is 18.2 Å². The molecule has 0 aromatic heterocycles. The lowest BCUT2D eigenvalue weighted by Crippen LogP contribution is -2.36. The minimum absolute atomic E-state index is 0.319. The van der Waals surface area contributed by atoms with Crippen LogP contribution >= 0.6 is 0 Å². The molecular formula is C17H28N2O. The molecular weight excluding hydrogens is 248 g/mol. The normalized spacial score (nSPS) is 18.4. The van der Waals surface area contributed by atoms with Crippen LogP contribution in [-0.2, 0) is 4.74 Å². The average Bonchev–Trinajstić information content (AvgIpc) is 2.44. The molecule has 0 saturated carbocycles. The summed E-state index contributed by atoms with van der Waals surface area (Å²) in [6.45, 7) is 7.98. The zero-order valence-electron chi connectivity index (χ0n) is 13.1. The Morgan fingerprint density at radius 1 is 1.25 bits per heavy atom. The Morgan fingerprint density at radius 3 is 2.40 bits per heavy atom. The molecule has 1 aromatic rings. The summed E-state index contributed by atoms with van der Waals surface area (Å²) in [5.74, 6) is 0.743. The van der Waals surface area contributed by atoms with E-state index in [0.717, 1.165) is 25.7 Å². The Hall–Kier alpha value is -0.900. The standard InChI is InChI=1S/C17H28N2O/c1-13-5-4-6-14(2)17(13)16(11-18)19(3)12-15-7-9-20-10-8-15/h4-6,15-16H,7-12,18H2,1-3H3. The van der Waals surface area contributed by atoms with Crippen molar-refractivity contribution in [2.45, 2.75) is 32.7 Å². The van der Waals surface area contributed by atoms with Crippen LogP contribution < -0.4 is 5.73 Å². The molecule has 3 heteroatoms. The molecule has 2 N–H and O–H groups in total. The van der Waals surface area contributed by atoms with Crippen LogP contribution in [0.1, 0.15) is 35.6 Å². The number of nitrogens with zero attached hydrogens (tertiary/aromatic N) is 1. The van der Waals surface area contributed by atoms with Gasteiger partial charge >= 0.3 is 0 Å². The van der Waals surface area contributed by atoms with Crippen molar-refractivity contribution >= 4 is 0 Å². The van der Waals surface area contributed by atoms with Crippen molar-refractivity contribution in [3.63, 3.8) is 0 Å². The lowest BCUT2D eigenvalue weighted by Gasteiger charge is -2.34. The molecule has 1 atom stereocenters. The van der Waals surface area contributed by atoms with Gasteiger partial charge in [0.25, 0.3) is 0 Å². The lowest BCUT2D eigenvalue weighted by atomic mass is 9.93. The number of nitrogens with two attached hydrogens (primary N) is 1. The van der Waals surface area contributed by atoms with Gasteiger partial charge in [0.2, 0.25) is 0 Å². The first-order chi connectivity index (χ1) is 9.63. The first kappa shape index (κ1) is 15.5. The van der Waals surface area contributed by atoms with Gasteiger partial charge in [-0.2, -0.15) is 0 Å². The summed E-state index contributed by atoms with van der Waals surface area (Å²) in [6.07, 6.45) is 2.35. The predicted molar refractivity (Wildman–Crippen MR) is 83.9 cm³/mol. The van der Waals surface area contributed by atoms with Crippen LogP contribution in [0.5, 0.6) is 0 Å². The number of rotatable bonds is 5. The van der Waals surface area contributed by atoms with Crippen LogP contribution in [-0.4, -0.2) is 38.3 Å². The summed E-state index contributed by atoms with van der Waals surface area (Å²) in [7, 11) is 2.21.